The number of hydrogen-bond acceptors (Lipinski definition) is 8. The Kier molecular flexibility index (Phi) is 6.73. The van der Waals surface area contributed by atoms with Gasteiger partial charge in [-0.2, -0.15) is 0 Å². The van der Waals surface area contributed by atoms with Gasteiger partial charge in [0.2, 0.25) is 6.79 Å². The van der Waals surface area contributed by atoms with Crippen LogP contribution in [0.3, 0.4) is 0 Å². The molecule has 1 amide bonds. The minimum Gasteiger partial charge on any atom is -0.454 e. The van der Waals surface area contributed by atoms with Crippen LogP contribution in [0.4, 0.5) is 10.5 Å². The van der Waals surface area contributed by atoms with Gasteiger partial charge in [0.25, 0.3) is 5.69 Å². The number of nitrogens with zero attached hydrogens (tertiary/aromatic N) is 1. The van der Waals surface area contributed by atoms with E-state index in [-0.39, 0.29) is 23.8 Å². The topological polar surface area (TPSA) is 143 Å². The van der Waals surface area contributed by atoms with Crippen molar-refractivity contribution in [1.82, 2.24) is 5.32 Å². The quantitative estimate of drug-likeness (QED) is 0.291. The summed E-state index contributed by atoms with van der Waals surface area (Å²) in [5.74, 6) is 0.651. The van der Waals surface area contributed by atoms with E-state index < -0.39 is 23.2 Å². The van der Waals surface area contributed by atoms with Gasteiger partial charge < -0.3 is 30.1 Å². The molecule has 1 aliphatic heterocycles. The molecule has 1 aromatic carbocycles. The molecule has 1 unspecified atom stereocenters. The number of nitrogens with one attached hydrogen (secondary N) is 1. The molecular formula is C16H21N3O7. The van der Waals surface area contributed by atoms with E-state index in [2.05, 4.69) is 5.32 Å². The van der Waals surface area contributed by atoms with E-state index in [4.69, 9.17) is 19.9 Å². The molecule has 0 radical (unpaired) electrons. The molecule has 0 aliphatic carbocycles. The first-order valence-electron chi connectivity index (χ1n) is 8.15. The monoisotopic (exact) mass is 367 g/mol. The molecule has 2 rings (SSSR count). The lowest BCUT2D eigenvalue weighted by atomic mass is 10.1. The average molecular weight is 367 g/mol. The number of rotatable bonds is 9. The van der Waals surface area contributed by atoms with Crippen LogP contribution in [-0.4, -0.2) is 36.7 Å². The standard InChI is InChI=1S/C16H21N3O7/c1-10(26-16(21)18-5-3-2-4-11(17)8-20)12-6-14-15(25-9-24-14)7-13(12)19(22)23/h6-8,10-11H,2-5,9,17H2,1H3,(H,18,21)/t10?,11-/m0/s1. The Morgan fingerprint density at radius 1 is 1.42 bits per heavy atom. The zero-order valence-electron chi connectivity index (χ0n) is 14.3. The van der Waals surface area contributed by atoms with Gasteiger partial charge in [-0.25, -0.2) is 4.79 Å². The van der Waals surface area contributed by atoms with Crippen molar-refractivity contribution in [2.45, 2.75) is 38.3 Å². The molecule has 3 N–H and O–H groups in total. The van der Waals surface area contributed by atoms with E-state index in [0.717, 1.165) is 0 Å². The Morgan fingerprint density at radius 3 is 2.77 bits per heavy atom. The van der Waals surface area contributed by atoms with Crippen LogP contribution in [-0.2, 0) is 9.53 Å². The second kappa shape index (κ2) is 8.99. The number of fused-ring (bicyclic) bond motifs is 1. The summed E-state index contributed by atoms with van der Waals surface area (Å²) in [6.45, 7) is 1.87. The van der Waals surface area contributed by atoms with E-state index in [0.29, 0.717) is 37.8 Å². The summed E-state index contributed by atoms with van der Waals surface area (Å²) < 4.78 is 15.5. The highest BCUT2D eigenvalue weighted by atomic mass is 16.7. The van der Waals surface area contributed by atoms with Crippen LogP contribution in [0, 0.1) is 10.1 Å². The third-order valence-electron chi connectivity index (χ3n) is 3.85. The van der Waals surface area contributed by atoms with Crippen molar-refractivity contribution in [3.8, 4) is 11.5 Å². The highest BCUT2D eigenvalue weighted by molar-refractivity contribution is 5.68. The second-order valence-corrected chi connectivity index (χ2v) is 5.79. The number of unbranched alkanes of at least 4 members (excludes halogenated alkanes) is 1. The maximum Gasteiger partial charge on any atom is 0.407 e. The van der Waals surface area contributed by atoms with Gasteiger partial charge in [0, 0.05) is 6.54 Å². The van der Waals surface area contributed by atoms with Gasteiger partial charge in [0.05, 0.1) is 22.6 Å². The fourth-order valence-electron chi connectivity index (χ4n) is 2.46. The first-order valence-corrected chi connectivity index (χ1v) is 8.15. The molecule has 0 fully saturated rings. The molecule has 2 atom stereocenters. The predicted molar refractivity (Wildman–Crippen MR) is 90.0 cm³/mol. The van der Waals surface area contributed by atoms with Crippen LogP contribution in [0.25, 0.3) is 0 Å². The van der Waals surface area contributed by atoms with Crippen molar-refractivity contribution < 1.29 is 28.7 Å². The van der Waals surface area contributed by atoms with Crippen LogP contribution in [0.15, 0.2) is 12.1 Å². The summed E-state index contributed by atoms with van der Waals surface area (Å²) in [6, 6.07) is 2.21. The lowest BCUT2D eigenvalue weighted by Crippen LogP contribution is -2.27. The molecular weight excluding hydrogens is 346 g/mol. The Hall–Kier alpha value is -2.88. The molecule has 10 nitrogen and oxygen atoms in total. The summed E-state index contributed by atoms with van der Waals surface area (Å²) in [5, 5.41) is 13.8. The van der Waals surface area contributed by atoms with E-state index in [1.165, 1.54) is 19.1 Å². The third kappa shape index (κ3) is 5.06. The number of hydrogen-bond donors (Lipinski definition) is 2. The molecule has 0 saturated heterocycles. The van der Waals surface area contributed by atoms with Crippen LogP contribution < -0.4 is 20.5 Å². The zero-order valence-corrected chi connectivity index (χ0v) is 14.3. The van der Waals surface area contributed by atoms with Crippen LogP contribution in [0.1, 0.15) is 37.9 Å². The molecule has 26 heavy (non-hydrogen) atoms. The molecule has 0 aromatic heterocycles. The normalized spacial score (nSPS) is 14.4. The molecule has 142 valence electrons. The summed E-state index contributed by atoms with van der Waals surface area (Å²) in [6.07, 6.45) is 0.998. The predicted octanol–water partition coefficient (Wildman–Crippen LogP) is 1.81. The summed E-state index contributed by atoms with van der Waals surface area (Å²) >= 11 is 0. The third-order valence-corrected chi connectivity index (χ3v) is 3.85. The van der Waals surface area contributed by atoms with Crippen LogP contribution in [0.2, 0.25) is 0 Å². The van der Waals surface area contributed by atoms with Gasteiger partial charge in [-0.3, -0.25) is 10.1 Å². The van der Waals surface area contributed by atoms with E-state index in [1.807, 2.05) is 0 Å². The van der Waals surface area contributed by atoms with Crippen molar-refractivity contribution in [1.29, 1.82) is 0 Å². The smallest absolute Gasteiger partial charge is 0.407 e. The Balaban J connectivity index is 1.89. The number of nitrogens with two attached hydrogens (primary N) is 1. The number of alkyl carbamates (subject to hydrolysis) is 1. The van der Waals surface area contributed by atoms with Gasteiger partial charge >= 0.3 is 6.09 Å². The summed E-state index contributed by atoms with van der Waals surface area (Å²) in [5.41, 5.74) is 5.47. The van der Waals surface area contributed by atoms with Gasteiger partial charge in [0.15, 0.2) is 11.5 Å². The number of nitro groups is 1. The van der Waals surface area contributed by atoms with Crippen LogP contribution in [0.5, 0.6) is 11.5 Å². The van der Waals surface area contributed by atoms with Crippen LogP contribution >= 0.6 is 0 Å². The lowest BCUT2D eigenvalue weighted by Gasteiger charge is -2.15. The Morgan fingerprint density at radius 2 is 2.12 bits per heavy atom. The number of aldehydes is 1. The van der Waals surface area contributed by atoms with E-state index >= 15 is 0 Å². The van der Waals surface area contributed by atoms with Crippen molar-refractivity contribution in [3.63, 3.8) is 0 Å². The number of carbonyl (C=O) groups excluding carboxylic acids is 2. The second-order valence-electron chi connectivity index (χ2n) is 5.79. The molecule has 0 spiro atoms. The van der Waals surface area contributed by atoms with Crippen molar-refractivity contribution in [2.75, 3.05) is 13.3 Å². The van der Waals surface area contributed by atoms with E-state index in [1.54, 1.807) is 0 Å². The number of carbonyl (C=O) groups is 2. The highest BCUT2D eigenvalue weighted by Crippen LogP contribution is 2.40. The Labute approximate surface area is 149 Å². The summed E-state index contributed by atoms with van der Waals surface area (Å²) in [7, 11) is 0. The first-order chi connectivity index (χ1) is 12.4. The van der Waals surface area contributed by atoms with Gasteiger partial charge in [-0.15, -0.1) is 0 Å². The minimum absolute atomic E-state index is 0.0145. The number of nitro benzene ring substituents is 1. The average Bonchev–Trinajstić information content (AvgIpc) is 3.07. The van der Waals surface area contributed by atoms with Gasteiger partial charge in [0.1, 0.15) is 12.4 Å². The minimum atomic E-state index is -0.853. The van der Waals surface area contributed by atoms with Gasteiger partial charge in [-0.1, -0.05) is 0 Å². The van der Waals surface area contributed by atoms with Crippen molar-refractivity contribution in [2.24, 2.45) is 5.73 Å². The number of amides is 1. The summed E-state index contributed by atoms with van der Waals surface area (Å²) in [4.78, 5) is 32.9. The SMILES string of the molecule is CC(OC(=O)NCCCC[C@H](N)C=O)c1cc2c(cc1[N+](=O)[O-])OCO2. The first kappa shape index (κ1) is 19.4. The lowest BCUT2D eigenvalue weighted by molar-refractivity contribution is -0.386. The largest absolute Gasteiger partial charge is 0.454 e. The van der Waals surface area contributed by atoms with Crippen molar-refractivity contribution >= 4 is 18.1 Å². The molecule has 1 aromatic rings. The number of benzene rings is 1. The maximum atomic E-state index is 11.9. The zero-order chi connectivity index (χ0) is 19.1. The molecule has 10 heteroatoms. The maximum absolute atomic E-state index is 11.9. The Bertz CT molecular complexity index is 680. The molecule has 0 saturated carbocycles. The number of ether oxygens (including phenoxy) is 3. The highest BCUT2D eigenvalue weighted by Gasteiger charge is 2.27. The van der Waals surface area contributed by atoms with Gasteiger partial charge in [-0.05, 0) is 32.3 Å². The van der Waals surface area contributed by atoms with Crippen molar-refractivity contribution in [3.05, 3.63) is 27.8 Å². The fourth-order valence-corrected chi connectivity index (χ4v) is 2.46. The van der Waals surface area contributed by atoms with E-state index in [9.17, 15) is 19.7 Å². The molecule has 1 heterocycles. The fraction of sp³-hybridized carbons (Fsp3) is 0.500. The molecule has 0 bridgehead atoms. The molecule has 1 aliphatic rings.